The second kappa shape index (κ2) is 9.65. The third-order valence-corrected chi connectivity index (χ3v) is 5.46. The van der Waals surface area contributed by atoms with Crippen molar-refractivity contribution >= 4 is 27.7 Å². The molecule has 0 bridgehead atoms. The van der Waals surface area contributed by atoms with Crippen LogP contribution in [0.5, 0.6) is 5.75 Å². The van der Waals surface area contributed by atoms with Crippen LogP contribution in [-0.2, 0) is 17.8 Å². The third kappa shape index (κ3) is 4.88. The van der Waals surface area contributed by atoms with E-state index in [1.54, 1.807) is 0 Å². The van der Waals surface area contributed by atoms with Crippen molar-refractivity contribution in [3.05, 3.63) is 72.6 Å². The van der Waals surface area contributed by atoms with Gasteiger partial charge >= 0.3 is 0 Å². The zero-order valence-electron chi connectivity index (χ0n) is 18.2. The van der Waals surface area contributed by atoms with E-state index < -0.39 is 0 Å². The first kappa shape index (κ1) is 20.9. The van der Waals surface area contributed by atoms with Crippen molar-refractivity contribution in [1.82, 2.24) is 14.9 Å². The molecular formula is C26H29N3O2. The topological polar surface area (TPSA) is 56.2 Å². The van der Waals surface area contributed by atoms with Crippen LogP contribution in [0.4, 0.5) is 0 Å². The molecule has 3 aromatic carbocycles. The van der Waals surface area contributed by atoms with E-state index in [-0.39, 0.29) is 11.8 Å². The number of imidazole rings is 1. The van der Waals surface area contributed by atoms with Crippen molar-refractivity contribution in [2.75, 3.05) is 13.2 Å². The first-order chi connectivity index (χ1) is 15.1. The zero-order valence-corrected chi connectivity index (χ0v) is 18.2. The van der Waals surface area contributed by atoms with Crippen molar-refractivity contribution < 1.29 is 9.53 Å². The second-order valence-electron chi connectivity index (χ2n) is 8.04. The Kier molecular flexibility index (Phi) is 6.51. The maximum atomic E-state index is 11.8. The fourth-order valence-corrected chi connectivity index (χ4v) is 3.80. The number of ether oxygens (including phenoxy) is 1. The molecular weight excluding hydrogens is 386 g/mol. The number of nitrogens with zero attached hydrogens (tertiary/aromatic N) is 2. The fraction of sp³-hybridized carbons (Fsp3) is 0.308. The first-order valence-corrected chi connectivity index (χ1v) is 11.0. The van der Waals surface area contributed by atoms with Gasteiger partial charge in [0.25, 0.3) is 0 Å². The Balaban J connectivity index is 1.45. The van der Waals surface area contributed by atoms with Crippen LogP contribution in [0, 0.1) is 5.92 Å². The maximum absolute atomic E-state index is 11.8. The van der Waals surface area contributed by atoms with Gasteiger partial charge < -0.3 is 14.6 Å². The summed E-state index contributed by atoms with van der Waals surface area (Å²) in [5, 5.41) is 5.29. The van der Waals surface area contributed by atoms with Gasteiger partial charge in [0, 0.05) is 24.3 Å². The van der Waals surface area contributed by atoms with Crippen LogP contribution in [0.2, 0.25) is 0 Å². The minimum Gasteiger partial charge on any atom is -0.491 e. The monoisotopic (exact) mass is 415 g/mol. The SMILES string of the molecule is CC(C)C(=O)NCCCc1nc2ccccc2n1CCOc1cccc2ccccc12. The number of benzene rings is 3. The molecule has 1 N–H and O–H groups in total. The summed E-state index contributed by atoms with van der Waals surface area (Å²) < 4.78 is 8.42. The van der Waals surface area contributed by atoms with Gasteiger partial charge in [-0.3, -0.25) is 4.79 Å². The fourth-order valence-electron chi connectivity index (χ4n) is 3.80. The van der Waals surface area contributed by atoms with Crippen molar-refractivity contribution in [3.63, 3.8) is 0 Å². The molecule has 0 fully saturated rings. The molecule has 5 heteroatoms. The minimum absolute atomic E-state index is 0.00999. The Labute approximate surface area is 183 Å². The van der Waals surface area contributed by atoms with Crippen LogP contribution in [-0.4, -0.2) is 28.6 Å². The van der Waals surface area contributed by atoms with Gasteiger partial charge in [-0.2, -0.15) is 0 Å². The normalized spacial score (nSPS) is 11.3. The van der Waals surface area contributed by atoms with E-state index in [2.05, 4.69) is 34.1 Å². The quantitative estimate of drug-likeness (QED) is 0.393. The number of aryl methyl sites for hydroxylation is 1. The summed E-state index contributed by atoms with van der Waals surface area (Å²) in [7, 11) is 0. The number of aromatic nitrogens is 2. The minimum atomic E-state index is 0.00999. The predicted octanol–water partition coefficient (Wildman–Crippen LogP) is 4.97. The van der Waals surface area contributed by atoms with Crippen molar-refractivity contribution in [3.8, 4) is 5.75 Å². The van der Waals surface area contributed by atoms with Crippen LogP contribution in [0.1, 0.15) is 26.1 Å². The van der Waals surface area contributed by atoms with E-state index in [4.69, 9.17) is 9.72 Å². The summed E-state index contributed by atoms with van der Waals surface area (Å²) in [5.41, 5.74) is 2.11. The molecule has 0 atom stereocenters. The lowest BCUT2D eigenvalue weighted by atomic mass is 10.1. The van der Waals surface area contributed by atoms with Gasteiger partial charge in [-0.1, -0.05) is 62.4 Å². The molecule has 0 spiro atoms. The van der Waals surface area contributed by atoms with Crippen molar-refractivity contribution in [1.29, 1.82) is 0 Å². The van der Waals surface area contributed by atoms with Gasteiger partial charge in [0.15, 0.2) is 0 Å². The van der Waals surface area contributed by atoms with Gasteiger partial charge in [-0.25, -0.2) is 4.98 Å². The molecule has 1 amide bonds. The second-order valence-corrected chi connectivity index (χ2v) is 8.04. The molecule has 0 aliphatic rings. The highest BCUT2D eigenvalue weighted by molar-refractivity contribution is 5.88. The number of fused-ring (bicyclic) bond motifs is 2. The van der Waals surface area contributed by atoms with Crippen LogP contribution in [0.15, 0.2) is 66.7 Å². The summed E-state index contributed by atoms with van der Waals surface area (Å²) in [6.45, 7) is 5.75. The number of hydrogen-bond donors (Lipinski definition) is 1. The molecule has 0 aliphatic heterocycles. The highest BCUT2D eigenvalue weighted by Crippen LogP contribution is 2.25. The summed E-state index contributed by atoms with van der Waals surface area (Å²) in [6, 6.07) is 22.6. The molecule has 1 aromatic heterocycles. The molecule has 4 rings (SSSR count). The number of para-hydroxylation sites is 2. The van der Waals surface area contributed by atoms with E-state index in [9.17, 15) is 4.79 Å². The Bertz CT molecular complexity index is 1170. The van der Waals surface area contributed by atoms with Crippen molar-refractivity contribution in [2.24, 2.45) is 5.92 Å². The van der Waals surface area contributed by atoms with Gasteiger partial charge in [-0.05, 0) is 30.0 Å². The van der Waals surface area contributed by atoms with Gasteiger partial charge in [-0.15, -0.1) is 0 Å². The molecule has 0 radical (unpaired) electrons. The number of nitrogens with one attached hydrogen (secondary N) is 1. The van der Waals surface area contributed by atoms with Crippen LogP contribution < -0.4 is 10.1 Å². The van der Waals surface area contributed by atoms with Gasteiger partial charge in [0.2, 0.25) is 5.91 Å². The zero-order chi connectivity index (χ0) is 21.6. The Morgan fingerprint density at radius 1 is 1.03 bits per heavy atom. The molecule has 0 unspecified atom stereocenters. The number of carbonyl (C=O) groups is 1. The lowest BCUT2D eigenvalue weighted by Crippen LogP contribution is -2.28. The highest BCUT2D eigenvalue weighted by atomic mass is 16.5. The van der Waals surface area contributed by atoms with Crippen LogP contribution in [0.25, 0.3) is 21.8 Å². The summed E-state index contributed by atoms with van der Waals surface area (Å²) in [6.07, 6.45) is 1.66. The average molecular weight is 416 g/mol. The van der Waals surface area contributed by atoms with Gasteiger partial charge in [0.1, 0.15) is 18.2 Å². The van der Waals surface area contributed by atoms with Crippen LogP contribution in [0.3, 0.4) is 0 Å². The smallest absolute Gasteiger partial charge is 0.222 e. The summed E-state index contributed by atoms with van der Waals surface area (Å²) >= 11 is 0. The average Bonchev–Trinajstić information content (AvgIpc) is 3.14. The summed E-state index contributed by atoms with van der Waals surface area (Å²) in [5.74, 6) is 2.04. The van der Waals surface area contributed by atoms with Crippen LogP contribution >= 0.6 is 0 Å². The number of carbonyl (C=O) groups excluding carboxylic acids is 1. The Morgan fingerprint density at radius 2 is 1.81 bits per heavy atom. The van der Waals surface area contributed by atoms with E-state index >= 15 is 0 Å². The third-order valence-electron chi connectivity index (χ3n) is 5.46. The lowest BCUT2D eigenvalue weighted by Gasteiger charge is -2.13. The van der Waals surface area contributed by atoms with E-state index in [0.29, 0.717) is 13.2 Å². The molecule has 0 saturated carbocycles. The Morgan fingerprint density at radius 3 is 2.68 bits per heavy atom. The van der Waals surface area contributed by atoms with E-state index in [0.717, 1.165) is 47.4 Å². The maximum Gasteiger partial charge on any atom is 0.222 e. The van der Waals surface area contributed by atoms with E-state index in [1.807, 2.05) is 56.3 Å². The number of amides is 1. The molecule has 5 nitrogen and oxygen atoms in total. The van der Waals surface area contributed by atoms with Gasteiger partial charge in [0.05, 0.1) is 17.6 Å². The summed E-state index contributed by atoms with van der Waals surface area (Å²) in [4.78, 5) is 16.6. The predicted molar refractivity (Wildman–Crippen MR) is 125 cm³/mol. The molecule has 4 aromatic rings. The molecule has 160 valence electrons. The first-order valence-electron chi connectivity index (χ1n) is 11.0. The molecule has 1 heterocycles. The molecule has 0 aliphatic carbocycles. The molecule has 31 heavy (non-hydrogen) atoms. The number of rotatable bonds is 9. The largest absolute Gasteiger partial charge is 0.491 e. The number of hydrogen-bond acceptors (Lipinski definition) is 3. The Hall–Kier alpha value is -3.34. The van der Waals surface area contributed by atoms with E-state index in [1.165, 1.54) is 5.39 Å². The lowest BCUT2D eigenvalue weighted by molar-refractivity contribution is -0.123. The highest BCUT2D eigenvalue weighted by Gasteiger charge is 2.12. The molecule has 0 saturated heterocycles. The van der Waals surface area contributed by atoms with Crippen molar-refractivity contribution in [2.45, 2.75) is 33.2 Å². The standard InChI is InChI=1S/C26H29N3O2/c1-19(2)26(30)27-16-8-15-25-28-22-12-5-6-13-23(22)29(25)17-18-31-24-14-7-10-20-9-3-4-11-21(20)24/h3-7,9-14,19H,8,15-18H2,1-2H3,(H,27,30).